The molecule has 9 nitrogen and oxygen atoms in total. The van der Waals surface area contributed by atoms with Crippen LogP contribution in [-0.4, -0.2) is 49.0 Å². The Morgan fingerprint density at radius 3 is 2.73 bits per heavy atom. The van der Waals surface area contributed by atoms with Gasteiger partial charge in [-0.25, -0.2) is 0 Å². The van der Waals surface area contributed by atoms with Crippen molar-refractivity contribution in [2.75, 3.05) is 33.6 Å². The van der Waals surface area contributed by atoms with Crippen molar-refractivity contribution < 1.29 is 32.5 Å². The van der Waals surface area contributed by atoms with Crippen molar-refractivity contribution in [3.8, 4) is 23.0 Å². The lowest BCUT2D eigenvalue weighted by atomic mass is 9.83. The number of ether oxygens (including phenoxy) is 4. The minimum Gasteiger partial charge on any atom is -0.493 e. The van der Waals surface area contributed by atoms with Crippen LogP contribution in [-0.2, 0) is 19.4 Å². The molecule has 3 atom stereocenters. The highest BCUT2D eigenvalue weighted by atomic mass is 79.9. The van der Waals surface area contributed by atoms with Gasteiger partial charge in [-0.3, -0.25) is 4.79 Å². The number of nitrogens with zero attached hydrogens (tertiary/aromatic N) is 1. The normalized spacial score (nSPS) is 22.0. The molecule has 0 radical (unpaired) electrons. The molecule has 0 saturated heterocycles. The fourth-order valence-corrected chi connectivity index (χ4v) is 6.17. The maximum atomic E-state index is 14.2. The van der Waals surface area contributed by atoms with Crippen molar-refractivity contribution in [1.29, 1.82) is 0 Å². The molecule has 2 N–H and O–H groups in total. The third-order valence-corrected chi connectivity index (χ3v) is 8.87. The lowest BCUT2D eigenvalue weighted by Gasteiger charge is -2.27. The first kappa shape index (κ1) is 30.7. The molecule has 220 valence electrons. The van der Waals surface area contributed by atoms with Crippen LogP contribution < -0.4 is 23.7 Å². The monoisotopic (exact) mass is 647 g/mol. The van der Waals surface area contributed by atoms with Crippen LogP contribution in [0.5, 0.6) is 23.0 Å². The predicted molar refractivity (Wildman–Crippen MR) is 162 cm³/mol. The summed E-state index contributed by atoms with van der Waals surface area (Å²) in [7, 11) is -2.55. The highest BCUT2D eigenvalue weighted by molar-refractivity contribution is 9.11. The predicted octanol–water partition coefficient (Wildman–Crippen LogP) is 5.97. The third-order valence-electron chi connectivity index (χ3n) is 6.87. The number of carbonyl (C=O) groups is 1. The first-order chi connectivity index (χ1) is 19.6. The fourth-order valence-electron chi connectivity index (χ4n) is 4.73. The number of hydrogen-bond donors (Lipinski definition) is 2. The molecule has 41 heavy (non-hydrogen) atoms. The lowest BCUT2D eigenvalue weighted by molar-refractivity contribution is -0.120. The largest absolute Gasteiger partial charge is 0.493 e. The Labute approximate surface area is 250 Å². The summed E-state index contributed by atoms with van der Waals surface area (Å²) < 4.78 is 50.8. The van der Waals surface area contributed by atoms with Gasteiger partial charge in [0.05, 0.1) is 19.6 Å². The molecule has 0 aromatic heterocycles. The van der Waals surface area contributed by atoms with E-state index < -0.39 is 22.2 Å². The number of benzene rings is 2. The van der Waals surface area contributed by atoms with E-state index in [1.807, 2.05) is 45.2 Å². The summed E-state index contributed by atoms with van der Waals surface area (Å²) in [6, 6.07) is 8.33. The minimum atomic E-state index is -4.06. The van der Waals surface area contributed by atoms with Crippen molar-refractivity contribution in [1.82, 2.24) is 9.62 Å². The van der Waals surface area contributed by atoms with Crippen LogP contribution in [0.1, 0.15) is 37.8 Å². The van der Waals surface area contributed by atoms with E-state index in [0.717, 1.165) is 15.6 Å². The summed E-state index contributed by atoms with van der Waals surface area (Å²) in [6.07, 6.45) is 7.93. The molecule has 2 heterocycles. The van der Waals surface area contributed by atoms with Gasteiger partial charge in [-0.1, -0.05) is 47.1 Å². The van der Waals surface area contributed by atoms with Gasteiger partial charge >= 0.3 is 10.4 Å². The zero-order valence-corrected chi connectivity index (χ0v) is 26.2. The summed E-state index contributed by atoms with van der Waals surface area (Å²) in [6.45, 7) is 9.27. The Kier molecular flexibility index (Phi) is 9.83. The molecular formula is C30H36BrN2O7S+. The number of methoxy groups -OCH3 is 1. The van der Waals surface area contributed by atoms with Crippen molar-refractivity contribution in [3.05, 3.63) is 75.9 Å². The van der Waals surface area contributed by atoms with Crippen LogP contribution >= 0.6 is 15.9 Å². The van der Waals surface area contributed by atoms with Crippen LogP contribution in [0.3, 0.4) is 0 Å². The van der Waals surface area contributed by atoms with E-state index in [-0.39, 0.29) is 23.4 Å². The maximum absolute atomic E-state index is 14.2. The summed E-state index contributed by atoms with van der Waals surface area (Å²) >= 11 is 3.58. The lowest BCUT2D eigenvalue weighted by Crippen LogP contribution is -2.40. The molecule has 1 amide bonds. The number of carbonyl (C=O) groups excluding carboxylic acids is 1. The van der Waals surface area contributed by atoms with Gasteiger partial charge in [0.1, 0.15) is 0 Å². The third kappa shape index (κ3) is 6.97. The molecule has 4 rings (SSSR count). The van der Waals surface area contributed by atoms with Gasteiger partial charge in [0.25, 0.3) is 10.8 Å². The number of amides is 1. The van der Waals surface area contributed by atoms with Crippen molar-refractivity contribution in [2.45, 2.75) is 38.5 Å². The number of rotatable bonds is 9. The van der Waals surface area contributed by atoms with Crippen LogP contribution in [0.2, 0.25) is 0 Å². The standard InChI is InChI=1S/C30H35BrN2O7S/c1-6-33-13-12-22(31)10-9-20(4)23(17-33)28(21-15-25(37-5)29-26(16-21)39-18-40-29)30(34)32-41(35,36)27-11-8-19(3)14-24(27)38-7-2/h8-12,14-17,20,28H,6-7,13,18H2,1-5H3,(H-,32,34,35,36)/p+1/b10-9-,22-12+,23-17+/t20-,28?/m1/s1. The first-order valence-corrected chi connectivity index (χ1v) is 15.7. The van der Waals surface area contributed by atoms with Gasteiger partial charge in [-0.2, -0.15) is 4.55 Å². The van der Waals surface area contributed by atoms with E-state index >= 15 is 0 Å². The number of hydrogen-bond acceptors (Lipinski definition) is 7. The smallest absolute Gasteiger partial charge is 0.352 e. The maximum Gasteiger partial charge on any atom is 0.352 e. The quantitative estimate of drug-likeness (QED) is 0.321. The van der Waals surface area contributed by atoms with Gasteiger partial charge in [-0.05, 0) is 65.8 Å². The molecule has 0 spiro atoms. The number of allylic oxidation sites excluding steroid dienone is 3. The average molecular weight is 649 g/mol. The van der Waals surface area contributed by atoms with Gasteiger partial charge in [0.2, 0.25) is 12.5 Å². The van der Waals surface area contributed by atoms with Crippen LogP contribution in [0.15, 0.2) is 69.7 Å². The van der Waals surface area contributed by atoms with Gasteiger partial charge in [0.15, 0.2) is 17.2 Å². The summed E-state index contributed by atoms with van der Waals surface area (Å²) in [5.41, 5.74) is 2.11. The molecule has 2 aromatic carbocycles. The van der Waals surface area contributed by atoms with Gasteiger partial charge in [0, 0.05) is 29.8 Å². The van der Waals surface area contributed by atoms with Gasteiger partial charge in [-0.15, -0.1) is 4.72 Å². The molecule has 0 fully saturated rings. The molecule has 2 aromatic rings. The SMILES string of the molecule is CCOc1cc(C)ccc1[S+](=O)(O)NC(=O)C(/C1=C/N(CC)C/C=C(Br)\C=C/[C@H]1C)c1cc(OC)c2c(c1)OCO2. The Balaban J connectivity index is 1.85. The summed E-state index contributed by atoms with van der Waals surface area (Å²) in [5, 5.41) is 0. The molecular weight excluding hydrogens is 612 g/mol. The molecule has 2 unspecified atom stereocenters. The van der Waals surface area contributed by atoms with Gasteiger partial charge < -0.3 is 23.8 Å². The second-order valence-corrected chi connectivity index (χ2v) is 12.3. The average Bonchev–Trinajstić information content (AvgIpc) is 3.42. The topological polar surface area (TPSA) is 107 Å². The second kappa shape index (κ2) is 13.1. The van der Waals surface area contributed by atoms with Crippen molar-refractivity contribution >= 4 is 32.2 Å². The molecule has 0 aliphatic carbocycles. The number of nitrogens with one attached hydrogen (secondary N) is 1. The van der Waals surface area contributed by atoms with E-state index in [4.69, 9.17) is 18.9 Å². The molecule has 0 bridgehead atoms. The van der Waals surface area contributed by atoms with E-state index in [9.17, 15) is 13.6 Å². The molecule has 2 aliphatic heterocycles. The fraction of sp³-hybridized carbons (Fsp3) is 0.367. The number of fused-ring (bicyclic) bond motifs is 1. The van der Waals surface area contributed by atoms with E-state index in [0.29, 0.717) is 42.5 Å². The molecule has 11 heteroatoms. The van der Waals surface area contributed by atoms with E-state index in [2.05, 4.69) is 25.6 Å². The number of aryl methyl sites for hydroxylation is 1. The highest BCUT2D eigenvalue weighted by Gasteiger charge is 2.41. The first-order valence-electron chi connectivity index (χ1n) is 13.4. The van der Waals surface area contributed by atoms with Crippen molar-refractivity contribution in [2.24, 2.45) is 5.92 Å². The van der Waals surface area contributed by atoms with E-state index in [1.54, 1.807) is 31.2 Å². The number of halogens is 1. The zero-order chi connectivity index (χ0) is 29.7. The van der Waals surface area contributed by atoms with Crippen LogP contribution in [0.25, 0.3) is 0 Å². The molecule has 2 aliphatic rings. The molecule has 0 saturated carbocycles. The summed E-state index contributed by atoms with van der Waals surface area (Å²) in [5.74, 6) is -0.327. The Bertz CT molecular complexity index is 1440. The van der Waals surface area contributed by atoms with Crippen LogP contribution in [0, 0.1) is 12.8 Å². The Morgan fingerprint density at radius 2 is 2.02 bits per heavy atom. The zero-order valence-electron chi connectivity index (χ0n) is 23.8. The van der Waals surface area contributed by atoms with Crippen molar-refractivity contribution in [3.63, 3.8) is 0 Å². The summed E-state index contributed by atoms with van der Waals surface area (Å²) in [4.78, 5) is 16.3. The highest BCUT2D eigenvalue weighted by Crippen LogP contribution is 2.45. The Morgan fingerprint density at radius 1 is 1.24 bits per heavy atom. The van der Waals surface area contributed by atoms with Crippen LogP contribution in [0.4, 0.5) is 0 Å². The second-order valence-electron chi connectivity index (χ2n) is 9.72. The number of likely N-dealkylation sites (N-methyl/N-ethyl adjacent to an activating group) is 1. The van der Waals surface area contributed by atoms with E-state index in [1.165, 1.54) is 13.2 Å². The minimum absolute atomic E-state index is 0.0000211. The Hall–Kier alpha value is -3.28.